The van der Waals surface area contributed by atoms with Crippen LogP contribution in [0.1, 0.15) is 0 Å². The summed E-state index contributed by atoms with van der Waals surface area (Å²) in [5.41, 5.74) is 0.140. The number of sulfonamides is 1. The van der Waals surface area contributed by atoms with E-state index in [4.69, 9.17) is 11.6 Å². The molecule has 0 unspecified atom stereocenters. The molecule has 0 saturated carbocycles. The number of rotatable bonds is 4. The third-order valence-electron chi connectivity index (χ3n) is 6.04. The lowest BCUT2D eigenvalue weighted by molar-refractivity contribution is -0.133. The van der Waals surface area contributed by atoms with E-state index in [1.54, 1.807) is 41.3 Å². The van der Waals surface area contributed by atoms with Gasteiger partial charge in [-0.05, 0) is 41.1 Å². The van der Waals surface area contributed by atoms with Gasteiger partial charge in [0, 0.05) is 31.2 Å². The van der Waals surface area contributed by atoms with Crippen LogP contribution in [0.5, 0.6) is 0 Å². The molecule has 0 atom stereocenters. The minimum atomic E-state index is -3.68. The molecule has 1 aliphatic rings. The van der Waals surface area contributed by atoms with E-state index in [0.29, 0.717) is 15.9 Å². The first kappa shape index (κ1) is 22.5. The molecule has 1 aromatic heterocycles. The molecule has 8 nitrogen and oxygen atoms in total. The summed E-state index contributed by atoms with van der Waals surface area (Å²) in [4.78, 5) is 31.6. The van der Waals surface area contributed by atoms with E-state index in [2.05, 4.69) is 4.98 Å². The molecule has 0 bridgehead atoms. The van der Waals surface area contributed by atoms with Crippen molar-refractivity contribution in [3.05, 3.63) is 82.4 Å². The largest absolute Gasteiger partial charge is 0.338 e. The van der Waals surface area contributed by atoms with Gasteiger partial charge in [0.25, 0.3) is 5.56 Å². The molecule has 1 aliphatic heterocycles. The first-order valence-corrected chi connectivity index (χ1v) is 12.6. The zero-order valence-electron chi connectivity index (χ0n) is 18.1. The Morgan fingerprint density at radius 1 is 0.941 bits per heavy atom. The highest BCUT2D eigenvalue weighted by Gasteiger charge is 2.30. The van der Waals surface area contributed by atoms with Crippen LogP contribution in [0.25, 0.3) is 21.7 Å². The van der Waals surface area contributed by atoms with Crippen molar-refractivity contribution in [2.24, 2.45) is 0 Å². The van der Waals surface area contributed by atoms with Crippen molar-refractivity contribution in [1.29, 1.82) is 0 Å². The predicted octanol–water partition coefficient (Wildman–Crippen LogP) is 2.74. The molecule has 0 aliphatic carbocycles. The van der Waals surface area contributed by atoms with Gasteiger partial charge in [-0.1, -0.05) is 41.9 Å². The van der Waals surface area contributed by atoms with Crippen molar-refractivity contribution in [3.63, 3.8) is 0 Å². The molecule has 1 saturated heterocycles. The average molecular weight is 497 g/mol. The Hall–Kier alpha value is -3.27. The van der Waals surface area contributed by atoms with Gasteiger partial charge < -0.3 is 4.90 Å². The fourth-order valence-corrected chi connectivity index (χ4v) is 5.77. The topological polar surface area (TPSA) is 92.6 Å². The summed E-state index contributed by atoms with van der Waals surface area (Å²) >= 11 is 5.95. The van der Waals surface area contributed by atoms with Gasteiger partial charge in [-0.2, -0.15) is 4.31 Å². The van der Waals surface area contributed by atoms with E-state index in [0.717, 1.165) is 10.8 Å². The van der Waals surface area contributed by atoms with Gasteiger partial charge in [0.1, 0.15) is 6.54 Å². The molecule has 0 radical (unpaired) electrons. The molecule has 4 aromatic rings. The highest BCUT2D eigenvalue weighted by molar-refractivity contribution is 7.89. The highest BCUT2D eigenvalue weighted by Crippen LogP contribution is 2.23. The molecule has 0 spiro atoms. The number of carbonyl (C=O) groups excluding carboxylic acids is 1. The van der Waals surface area contributed by atoms with Crippen LogP contribution in [0.15, 0.2) is 76.7 Å². The lowest BCUT2D eigenvalue weighted by atomic mass is 10.1. The van der Waals surface area contributed by atoms with Crippen LogP contribution < -0.4 is 5.56 Å². The number of piperazine rings is 1. The second kappa shape index (κ2) is 8.83. The van der Waals surface area contributed by atoms with E-state index in [1.165, 1.54) is 15.2 Å². The fourth-order valence-electron chi connectivity index (χ4n) is 4.14. The van der Waals surface area contributed by atoms with Gasteiger partial charge in [0.15, 0.2) is 0 Å². The smallest absolute Gasteiger partial charge is 0.261 e. The number of aromatic nitrogens is 2. The first-order chi connectivity index (χ1) is 16.3. The van der Waals surface area contributed by atoms with Gasteiger partial charge in [-0.25, -0.2) is 13.4 Å². The summed E-state index contributed by atoms with van der Waals surface area (Å²) in [6, 6.07) is 17.5. The summed E-state index contributed by atoms with van der Waals surface area (Å²) in [6.07, 6.45) is 1.33. The van der Waals surface area contributed by atoms with Crippen LogP contribution >= 0.6 is 11.6 Å². The number of nitrogens with zero attached hydrogens (tertiary/aromatic N) is 4. The number of halogens is 1. The quantitative estimate of drug-likeness (QED) is 0.433. The third-order valence-corrected chi connectivity index (χ3v) is 8.17. The van der Waals surface area contributed by atoms with E-state index in [9.17, 15) is 18.0 Å². The van der Waals surface area contributed by atoms with E-state index >= 15 is 0 Å². The molecule has 3 aromatic carbocycles. The van der Waals surface area contributed by atoms with Crippen molar-refractivity contribution in [2.45, 2.75) is 11.4 Å². The monoisotopic (exact) mass is 496 g/mol. The Labute approximate surface area is 201 Å². The summed E-state index contributed by atoms with van der Waals surface area (Å²) in [6.45, 7) is 0.699. The van der Waals surface area contributed by atoms with Gasteiger partial charge in [0.05, 0.1) is 22.1 Å². The zero-order chi connectivity index (χ0) is 23.9. The maximum atomic E-state index is 13.2. The Bertz CT molecular complexity index is 1580. The molecule has 34 heavy (non-hydrogen) atoms. The average Bonchev–Trinajstić information content (AvgIpc) is 2.85. The summed E-state index contributed by atoms with van der Waals surface area (Å²) in [7, 11) is -3.68. The van der Waals surface area contributed by atoms with Gasteiger partial charge in [-0.3, -0.25) is 14.2 Å². The molecular formula is C24H21ClN4O4S. The molecule has 0 N–H and O–H groups in total. The fraction of sp³-hybridized carbons (Fsp3) is 0.208. The van der Waals surface area contributed by atoms with Gasteiger partial charge in [-0.15, -0.1) is 0 Å². The van der Waals surface area contributed by atoms with Crippen LogP contribution in [0.2, 0.25) is 5.02 Å². The Balaban J connectivity index is 1.28. The van der Waals surface area contributed by atoms with Crippen LogP contribution in [0, 0.1) is 0 Å². The number of fused-ring (bicyclic) bond motifs is 2. The summed E-state index contributed by atoms with van der Waals surface area (Å²) < 4.78 is 29.0. The molecule has 174 valence electrons. The maximum absolute atomic E-state index is 13.2. The number of amides is 1. The highest BCUT2D eigenvalue weighted by atomic mass is 35.5. The van der Waals surface area contributed by atoms with Crippen LogP contribution in [-0.2, 0) is 21.4 Å². The lowest BCUT2D eigenvalue weighted by Crippen LogP contribution is -2.51. The normalized spacial score (nSPS) is 15.1. The third kappa shape index (κ3) is 4.18. The molecule has 1 amide bonds. The van der Waals surface area contributed by atoms with Crippen molar-refractivity contribution < 1.29 is 13.2 Å². The maximum Gasteiger partial charge on any atom is 0.261 e. The van der Waals surface area contributed by atoms with Crippen LogP contribution in [0.3, 0.4) is 0 Å². The minimum absolute atomic E-state index is 0.165. The minimum Gasteiger partial charge on any atom is -0.338 e. The summed E-state index contributed by atoms with van der Waals surface area (Å²) in [5.74, 6) is -0.264. The predicted molar refractivity (Wildman–Crippen MR) is 130 cm³/mol. The first-order valence-electron chi connectivity index (χ1n) is 10.7. The van der Waals surface area contributed by atoms with E-state index in [-0.39, 0.29) is 49.1 Å². The Morgan fingerprint density at radius 2 is 1.68 bits per heavy atom. The second-order valence-corrected chi connectivity index (χ2v) is 10.5. The standard InChI is InChI=1S/C24H21ClN4O4S/c25-19-6-8-21-22(14-19)26-16-28(24(21)31)15-23(30)27-9-11-29(12-10-27)34(32,33)20-7-5-17-3-1-2-4-18(17)13-20/h1-8,13-14,16H,9-12,15H2. The van der Waals surface area contributed by atoms with Crippen LogP contribution in [0.4, 0.5) is 0 Å². The second-order valence-electron chi connectivity index (χ2n) is 8.13. The van der Waals surface area contributed by atoms with E-state index in [1.807, 2.05) is 24.3 Å². The van der Waals surface area contributed by atoms with Gasteiger partial charge >= 0.3 is 0 Å². The zero-order valence-corrected chi connectivity index (χ0v) is 19.7. The summed E-state index contributed by atoms with van der Waals surface area (Å²) in [5, 5.41) is 2.68. The Morgan fingerprint density at radius 3 is 2.44 bits per heavy atom. The van der Waals surface area contributed by atoms with E-state index < -0.39 is 10.0 Å². The van der Waals surface area contributed by atoms with Crippen molar-refractivity contribution in [1.82, 2.24) is 18.8 Å². The Kier molecular flexibility index (Phi) is 5.85. The molecular weight excluding hydrogens is 476 g/mol. The van der Waals surface area contributed by atoms with Crippen molar-refractivity contribution >= 4 is 49.2 Å². The van der Waals surface area contributed by atoms with Gasteiger partial charge in [0.2, 0.25) is 15.9 Å². The number of benzene rings is 3. The SMILES string of the molecule is O=C(Cn1cnc2cc(Cl)ccc2c1=O)N1CCN(S(=O)(=O)c2ccc3ccccc3c2)CC1. The number of hydrogen-bond donors (Lipinski definition) is 0. The van der Waals surface area contributed by atoms with Crippen molar-refractivity contribution in [2.75, 3.05) is 26.2 Å². The molecule has 1 fully saturated rings. The molecule has 10 heteroatoms. The van der Waals surface area contributed by atoms with Crippen LogP contribution in [-0.4, -0.2) is 59.3 Å². The molecule has 2 heterocycles. The van der Waals surface area contributed by atoms with Crippen molar-refractivity contribution in [3.8, 4) is 0 Å². The molecule has 5 rings (SSSR count). The number of hydrogen-bond acceptors (Lipinski definition) is 5. The number of carbonyl (C=O) groups is 1. The lowest BCUT2D eigenvalue weighted by Gasteiger charge is -2.34.